The number of carbonyl (C=O) groups is 2. The van der Waals surface area contributed by atoms with Gasteiger partial charge in [0.1, 0.15) is 0 Å². The Morgan fingerprint density at radius 3 is 2.59 bits per heavy atom. The number of benzene rings is 2. The number of nitro benzene ring substituents is 1. The Balaban J connectivity index is 1.46. The fourth-order valence-corrected chi connectivity index (χ4v) is 5.49. The van der Waals surface area contributed by atoms with Crippen LogP contribution in [0.2, 0.25) is 0 Å². The summed E-state index contributed by atoms with van der Waals surface area (Å²) in [6.07, 6.45) is 4.16. The zero-order chi connectivity index (χ0) is 29.1. The van der Waals surface area contributed by atoms with Gasteiger partial charge in [-0.05, 0) is 80.2 Å². The molecule has 5 rings (SSSR count). The summed E-state index contributed by atoms with van der Waals surface area (Å²) in [5.41, 5.74) is 6.65. The summed E-state index contributed by atoms with van der Waals surface area (Å²) in [6, 6.07) is 15.6. The third-order valence-electron chi connectivity index (χ3n) is 7.55. The first-order chi connectivity index (χ1) is 19.8. The minimum absolute atomic E-state index is 0.0248. The second kappa shape index (κ2) is 11.9. The number of non-ortho nitro benzene ring substituents is 1. The van der Waals surface area contributed by atoms with Crippen LogP contribution in [0.25, 0.3) is 22.6 Å². The molecule has 0 atom stereocenters. The summed E-state index contributed by atoms with van der Waals surface area (Å²) in [4.78, 5) is 42.3. The molecule has 2 aromatic heterocycles. The molecule has 9 heteroatoms. The number of hydrogen-bond donors (Lipinski definition) is 0. The number of aromatic nitrogens is 2. The molecule has 0 fully saturated rings. The zero-order valence-electron chi connectivity index (χ0n) is 23.3. The molecule has 0 amide bonds. The number of allylic oxidation sites excluding steroid dienone is 1. The smallest absolute Gasteiger partial charge is 0.339 e. The highest BCUT2D eigenvalue weighted by Crippen LogP contribution is 2.36. The number of ether oxygens (including phenoxy) is 2. The summed E-state index contributed by atoms with van der Waals surface area (Å²) < 4.78 is 12.9. The minimum atomic E-state index is -0.557. The lowest BCUT2D eigenvalue weighted by molar-refractivity contribution is -0.384. The van der Waals surface area contributed by atoms with E-state index in [1.165, 1.54) is 12.1 Å². The summed E-state index contributed by atoms with van der Waals surface area (Å²) in [7, 11) is 1.63. The molecule has 0 saturated carbocycles. The summed E-state index contributed by atoms with van der Waals surface area (Å²) in [5, 5.41) is 11.7. The van der Waals surface area contributed by atoms with Gasteiger partial charge in [-0.3, -0.25) is 14.9 Å². The molecule has 1 aliphatic carbocycles. The number of fused-ring (bicyclic) bond motifs is 2. The van der Waals surface area contributed by atoms with E-state index in [1.807, 2.05) is 54.8 Å². The van der Waals surface area contributed by atoms with Crippen LogP contribution in [0, 0.1) is 24.0 Å². The maximum atomic E-state index is 13.6. The van der Waals surface area contributed by atoms with Gasteiger partial charge in [-0.25, -0.2) is 9.78 Å². The molecule has 2 heterocycles. The van der Waals surface area contributed by atoms with Gasteiger partial charge in [0, 0.05) is 48.1 Å². The van der Waals surface area contributed by atoms with Gasteiger partial charge in [-0.1, -0.05) is 18.2 Å². The molecular weight excluding hydrogens is 522 g/mol. The third-order valence-corrected chi connectivity index (χ3v) is 7.55. The lowest BCUT2D eigenvalue weighted by Crippen LogP contribution is -2.19. The van der Waals surface area contributed by atoms with Gasteiger partial charge in [0.2, 0.25) is 5.78 Å². The summed E-state index contributed by atoms with van der Waals surface area (Å²) in [6.45, 7) is 4.60. The van der Waals surface area contributed by atoms with Gasteiger partial charge < -0.3 is 14.0 Å². The number of esters is 1. The van der Waals surface area contributed by atoms with Crippen LogP contribution in [0.15, 0.2) is 54.6 Å². The quantitative estimate of drug-likeness (QED) is 0.106. The van der Waals surface area contributed by atoms with Crippen LogP contribution in [0.1, 0.15) is 61.8 Å². The first kappa shape index (κ1) is 27.9. The number of para-hydroxylation sites is 1. The number of ketones is 1. The Hall–Kier alpha value is -4.63. The first-order valence-corrected chi connectivity index (χ1v) is 13.5. The Kier molecular flexibility index (Phi) is 8.07. The standard InChI is InChI=1S/C32H31N3O6/c1-20-17-27(21(2)34(20)15-16-40-3)29(36)19-41-32(37)30-25-8-4-5-10-28(25)33-31-23(7-6-9-26(30)31)18-22-11-13-24(14-12-22)35(38)39/h4-5,8,10-14,17-18H,6-7,9,15-16,19H2,1-3H3/b23-18-. The van der Waals surface area contributed by atoms with E-state index in [1.54, 1.807) is 19.2 Å². The SMILES string of the molecule is COCCn1c(C)cc(C(=O)COC(=O)c2c3c(nc4ccccc24)/C(=C\c2ccc([N+](=O)[O-])cc2)CCC3)c1C. The van der Waals surface area contributed by atoms with Crippen molar-refractivity contribution in [3.8, 4) is 0 Å². The lowest BCUT2D eigenvalue weighted by atomic mass is 9.86. The van der Waals surface area contributed by atoms with E-state index in [4.69, 9.17) is 14.5 Å². The van der Waals surface area contributed by atoms with E-state index in [0.29, 0.717) is 47.3 Å². The van der Waals surface area contributed by atoms with Crippen molar-refractivity contribution in [1.82, 2.24) is 9.55 Å². The number of carbonyl (C=O) groups excluding carboxylic acids is 2. The number of Topliss-reactive ketones (excluding diaryl/α,β-unsaturated/α-hetero) is 1. The molecule has 9 nitrogen and oxygen atoms in total. The van der Waals surface area contributed by atoms with Crippen molar-refractivity contribution in [2.45, 2.75) is 39.7 Å². The number of nitrogens with zero attached hydrogens (tertiary/aromatic N) is 3. The van der Waals surface area contributed by atoms with Crippen LogP contribution in [0.5, 0.6) is 0 Å². The molecule has 0 unspecified atom stereocenters. The second-order valence-electron chi connectivity index (χ2n) is 10.1. The highest BCUT2D eigenvalue weighted by Gasteiger charge is 2.27. The van der Waals surface area contributed by atoms with Gasteiger partial charge >= 0.3 is 5.97 Å². The Bertz CT molecular complexity index is 1680. The topological polar surface area (TPSA) is 114 Å². The average Bonchev–Trinajstić information content (AvgIpc) is 3.26. The minimum Gasteiger partial charge on any atom is -0.454 e. The van der Waals surface area contributed by atoms with E-state index in [-0.39, 0.29) is 18.1 Å². The molecule has 210 valence electrons. The molecule has 0 bridgehead atoms. The van der Waals surface area contributed by atoms with Crippen LogP contribution in [0.4, 0.5) is 5.69 Å². The molecule has 2 aromatic carbocycles. The normalized spacial score (nSPS) is 13.8. The fourth-order valence-electron chi connectivity index (χ4n) is 5.49. The predicted molar refractivity (Wildman–Crippen MR) is 156 cm³/mol. The predicted octanol–water partition coefficient (Wildman–Crippen LogP) is 6.12. The molecule has 4 aromatic rings. The van der Waals surface area contributed by atoms with Crippen LogP contribution in [-0.4, -0.2) is 46.6 Å². The van der Waals surface area contributed by atoms with Crippen molar-refractivity contribution in [2.75, 3.05) is 20.3 Å². The van der Waals surface area contributed by atoms with Crippen molar-refractivity contribution in [2.24, 2.45) is 0 Å². The molecule has 0 aliphatic heterocycles. The number of aryl methyl sites for hydroxylation is 1. The lowest BCUT2D eigenvalue weighted by Gasteiger charge is -2.22. The van der Waals surface area contributed by atoms with Crippen molar-refractivity contribution in [3.05, 3.63) is 104 Å². The average molecular weight is 554 g/mol. The van der Waals surface area contributed by atoms with Crippen molar-refractivity contribution in [3.63, 3.8) is 0 Å². The van der Waals surface area contributed by atoms with E-state index >= 15 is 0 Å². The maximum Gasteiger partial charge on any atom is 0.339 e. The second-order valence-corrected chi connectivity index (χ2v) is 10.1. The Labute approximate surface area is 237 Å². The molecule has 1 aliphatic rings. The van der Waals surface area contributed by atoms with E-state index in [2.05, 4.69) is 0 Å². The Morgan fingerprint density at radius 1 is 1.10 bits per heavy atom. The van der Waals surface area contributed by atoms with Crippen LogP contribution >= 0.6 is 0 Å². The van der Waals surface area contributed by atoms with Gasteiger partial charge in [0.05, 0.1) is 28.3 Å². The van der Waals surface area contributed by atoms with Gasteiger partial charge in [-0.15, -0.1) is 0 Å². The van der Waals surface area contributed by atoms with E-state index in [0.717, 1.165) is 40.9 Å². The summed E-state index contributed by atoms with van der Waals surface area (Å²) in [5.74, 6) is -0.820. The molecule has 0 spiro atoms. The largest absolute Gasteiger partial charge is 0.454 e. The molecule has 0 saturated heterocycles. The van der Waals surface area contributed by atoms with Crippen molar-refractivity contribution in [1.29, 1.82) is 0 Å². The van der Waals surface area contributed by atoms with E-state index in [9.17, 15) is 19.7 Å². The molecular formula is C32H31N3O6. The highest BCUT2D eigenvalue weighted by atomic mass is 16.6. The number of methoxy groups -OCH3 is 1. The number of nitro groups is 1. The monoisotopic (exact) mass is 553 g/mol. The maximum absolute atomic E-state index is 13.6. The van der Waals surface area contributed by atoms with Gasteiger partial charge in [0.25, 0.3) is 5.69 Å². The Morgan fingerprint density at radius 2 is 1.85 bits per heavy atom. The summed E-state index contributed by atoms with van der Waals surface area (Å²) >= 11 is 0. The van der Waals surface area contributed by atoms with Crippen LogP contribution < -0.4 is 0 Å². The van der Waals surface area contributed by atoms with Crippen LogP contribution in [-0.2, 0) is 22.4 Å². The number of hydrogen-bond acceptors (Lipinski definition) is 7. The van der Waals surface area contributed by atoms with Gasteiger partial charge in [-0.2, -0.15) is 0 Å². The molecule has 0 radical (unpaired) electrons. The fraction of sp³-hybridized carbons (Fsp3) is 0.281. The number of rotatable bonds is 9. The third kappa shape index (κ3) is 5.67. The van der Waals surface area contributed by atoms with Gasteiger partial charge in [0.15, 0.2) is 6.61 Å². The first-order valence-electron chi connectivity index (χ1n) is 13.5. The number of pyridine rings is 1. The van der Waals surface area contributed by atoms with Crippen molar-refractivity contribution >= 4 is 40.0 Å². The molecule has 41 heavy (non-hydrogen) atoms. The molecule has 0 N–H and O–H groups in total. The van der Waals surface area contributed by atoms with Crippen molar-refractivity contribution < 1.29 is 24.0 Å². The van der Waals surface area contributed by atoms with Crippen LogP contribution in [0.3, 0.4) is 0 Å². The van der Waals surface area contributed by atoms with E-state index < -0.39 is 10.9 Å². The zero-order valence-corrected chi connectivity index (χ0v) is 23.3. The highest BCUT2D eigenvalue weighted by molar-refractivity contribution is 6.08.